The van der Waals surface area contributed by atoms with Gasteiger partial charge in [-0.2, -0.15) is 0 Å². The molecule has 26 heavy (non-hydrogen) atoms. The van der Waals surface area contributed by atoms with Gasteiger partial charge >= 0.3 is 0 Å². The van der Waals surface area contributed by atoms with E-state index < -0.39 is 0 Å². The average Bonchev–Trinajstić information content (AvgIpc) is 3.34. The van der Waals surface area contributed by atoms with Crippen molar-refractivity contribution >= 4 is 17.2 Å². The van der Waals surface area contributed by atoms with Crippen LogP contribution >= 0.6 is 11.3 Å². The van der Waals surface area contributed by atoms with Crippen LogP contribution in [0.25, 0.3) is 10.4 Å². The van der Waals surface area contributed by atoms with Gasteiger partial charge in [-0.3, -0.25) is 4.79 Å². The second-order valence-corrected chi connectivity index (χ2v) is 7.10. The third-order valence-electron chi connectivity index (χ3n) is 4.31. The lowest BCUT2D eigenvalue weighted by molar-refractivity contribution is 0.0671. The molecule has 3 heterocycles. The van der Waals surface area contributed by atoms with E-state index in [2.05, 4.69) is 0 Å². The first-order chi connectivity index (χ1) is 12.8. The van der Waals surface area contributed by atoms with Gasteiger partial charge < -0.3 is 18.8 Å². The van der Waals surface area contributed by atoms with Gasteiger partial charge in [0.15, 0.2) is 0 Å². The van der Waals surface area contributed by atoms with Crippen molar-refractivity contribution in [2.45, 2.75) is 13.2 Å². The molecule has 5 nitrogen and oxygen atoms in total. The number of furan rings is 1. The minimum atomic E-state index is -0.0182. The van der Waals surface area contributed by atoms with Crippen LogP contribution in [0.3, 0.4) is 0 Å². The van der Waals surface area contributed by atoms with Crippen molar-refractivity contribution in [1.29, 1.82) is 0 Å². The molecular formula is C20H19NO4S. The molecule has 0 unspecified atom stereocenters. The Morgan fingerprint density at radius 2 is 2.15 bits per heavy atom. The van der Waals surface area contributed by atoms with Crippen LogP contribution in [0.2, 0.25) is 0 Å². The second kappa shape index (κ2) is 7.35. The van der Waals surface area contributed by atoms with Crippen molar-refractivity contribution in [2.24, 2.45) is 0 Å². The monoisotopic (exact) mass is 369 g/mol. The molecule has 0 aliphatic carbocycles. The number of ether oxygens (including phenoxy) is 2. The fraction of sp³-hybridized carbons (Fsp3) is 0.250. The van der Waals surface area contributed by atoms with Crippen LogP contribution in [0.1, 0.15) is 21.0 Å². The molecule has 0 N–H and O–H groups in total. The van der Waals surface area contributed by atoms with E-state index in [1.54, 1.807) is 18.3 Å². The zero-order valence-electron chi connectivity index (χ0n) is 14.4. The highest BCUT2D eigenvalue weighted by molar-refractivity contribution is 7.17. The van der Waals surface area contributed by atoms with E-state index in [4.69, 9.17) is 13.9 Å². The van der Waals surface area contributed by atoms with E-state index in [9.17, 15) is 4.79 Å². The molecule has 0 spiro atoms. The molecule has 134 valence electrons. The Bertz CT molecular complexity index is 900. The number of hydrogen-bond acceptors (Lipinski definition) is 5. The maximum absolute atomic E-state index is 13.1. The predicted octanol–water partition coefficient (Wildman–Crippen LogP) is 4.19. The minimum absolute atomic E-state index is 0.0182. The molecule has 0 saturated carbocycles. The van der Waals surface area contributed by atoms with Gasteiger partial charge in [-0.15, -0.1) is 11.3 Å². The van der Waals surface area contributed by atoms with Crippen LogP contribution in [-0.4, -0.2) is 31.1 Å². The zero-order valence-corrected chi connectivity index (χ0v) is 15.3. The third kappa shape index (κ3) is 3.25. The molecular weight excluding hydrogens is 350 g/mol. The summed E-state index contributed by atoms with van der Waals surface area (Å²) in [6, 6.07) is 13.6. The van der Waals surface area contributed by atoms with E-state index in [1.165, 1.54) is 11.3 Å². The molecule has 0 radical (unpaired) electrons. The fourth-order valence-electron chi connectivity index (χ4n) is 3.01. The lowest BCUT2D eigenvalue weighted by atomic mass is 10.1. The van der Waals surface area contributed by atoms with Gasteiger partial charge in [-0.1, -0.05) is 12.1 Å². The molecule has 0 atom stereocenters. The van der Waals surface area contributed by atoms with Gasteiger partial charge in [-0.05, 0) is 30.3 Å². The van der Waals surface area contributed by atoms with E-state index in [1.807, 2.05) is 42.5 Å². The van der Waals surface area contributed by atoms with Crippen molar-refractivity contribution in [3.63, 3.8) is 0 Å². The molecule has 1 aliphatic heterocycles. The number of methoxy groups -OCH3 is 1. The second-order valence-electron chi connectivity index (χ2n) is 6.05. The third-order valence-corrected chi connectivity index (χ3v) is 5.51. The highest BCUT2D eigenvalue weighted by Crippen LogP contribution is 2.42. The maximum Gasteiger partial charge on any atom is 0.264 e. The summed E-state index contributed by atoms with van der Waals surface area (Å²) in [4.78, 5) is 16.7. The SMILES string of the molecule is COCCN(Cc1ccco1)C(=O)c1cc2c(s1)-c1ccccc1OC2. The van der Waals surface area contributed by atoms with E-state index >= 15 is 0 Å². The smallest absolute Gasteiger partial charge is 0.264 e. The number of carbonyl (C=O) groups excluding carboxylic acids is 1. The molecule has 6 heteroatoms. The van der Waals surface area contributed by atoms with E-state index in [-0.39, 0.29) is 5.91 Å². The number of amides is 1. The maximum atomic E-state index is 13.1. The lowest BCUT2D eigenvalue weighted by Gasteiger charge is -2.20. The summed E-state index contributed by atoms with van der Waals surface area (Å²) < 4.78 is 16.4. The number of thiophene rings is 1. The Hall–Kier alpha value is -2.57. The van der Waals surface area contributed by atoms with Crippen molar-refractivity contribution < 1.29 is 18.7 Å². The Morgan fingerprint density at radius 1 is 1.27 bits per heavy atom. The number of rotatable bonds is 6. The number of carbonyl (C=O) groups is 1. The van der Waals surface area contributed by atoms with Gasteiger partial charge in [0.05, 0.1) is 24.3 Å². The average molecular weight is 369 g/mol. The largest absolute Gasteiger partial charge is 0.488 e. The molecule has 0 saturated heterocycles. The molecule has 0 fully saturated rings. The number of nitrogens with zero attached hydrogens (tertiary/aromatic N) is 1. The summed E-state index contributed by atoms with van der Waals surface area (Å²) in [6.07, 6.45) is 1.62. The first kappa shape index (κ1) is 16.9. The Kier molecular flexibility index (Phi) is 4.77. The van der Waals surface area contributed by atoms with Crippen LogP contribution in [0.5, 0.6) is 5.75 Å². The topological polar surface area (TPSA) is 51.9 Å². The molecule has 1 aliphatic rings. The van der Waals surface area contributed by atoms with Crippen LogP contribution in [-0.2, 0) is 17.9 Å². The number of hydrogen-bond donors (Lipinski definition) is 0. The van der Waals surface area contributed by atoms with E-state index in [0.717, 1.165) is 27.5 Å². The van der Waals surface area contributed by atoms with Crippen LogP contribution in [0.4, 0.5) is 0 Å². The summed E-state index contributed by atoms with van der Waals surface area (Å²) in [5, 5.41) is 0. The van der Waals surface area contributed by atoms with Crippen LogP contribution in [0.15, 0.2) is 53.1 Å². The van der Waals surface area contributed by atoms with Crippen molar-refractivity contribution in [1.82, 2.24) is 4.90 Å². The summed E-state index contributed by atoms with van der Waals surface area (Å²) >= 11 is 1.52. The van der Waals surface area contributed by atoms with Gasteiger partial charge in [0.1, 0.15) is 18.1 Å². The Balaban J connectivity index is 1.62. The van der Waals surface area contributed by atoms with Crippen LogP contribution in [0, 0.1) is 0 Å². The number of fused-ring (bicyclic) bond motifs is 3. The highest BCUT2D eigenvalue weighted by Gasteiger charge is 2.25. The number of benzene rings is 1. The predicted molar refractivity (Wildman–Crippen MR) is 99.4 cm³/mol. The molecule has 0 bridgehead atoms. The Labute approximate surface area is 155 Å². The highest BCUT2D eigenvalue weighted by atomic mass is 32.1. The summed E-state index contributed by atoms with van der Waals surface area (Å²) in [7, 11) is 1.63. The molecule has 1 amide bonds. The van der Waals surface area contributed by atoms with E-state index in [0.29, 0.717) is 31.2 Å². The standard InChI is InChI=1S/C20H19NO4S/c1-23-10-8-21(12-15-5-4-9-24-15)20(22)18-11-14-13-25-17-7-3-2-6-16(17)19(14)26-18/h2-7,9,11H,8,10,12-13H2,1H3. The number of para-hydroxylation sites is 1. The summed E-state index contributed by atoms with van der Waals surface area (Å²) in [6.45, 7) is 1.90. The lowest BCUT2D eigenvalue weighted by Crippen LogP contribution is -2.32. The molecule has 2 aromatic heterocycles. The quantitative estimate of drug-likeness (QED) is 0.654. The first-order valence-electron chi connectivity index (χ1n) is 8.42. The fourth-order valence-corrected chi connectivity index (χ4v) is 4.17. The van der Waals surface area contributed by atoms with Crippen molar-refractivity contribution in [3.8, 4) is 16.2 Å². The molecule has 3 aromatic rings. The zero-order chi connectivity index (χ0) is 17.9. The first-order valence-corrected chi connectivity index (χ1v) is 9.23. The van der Waals surface area contributed by atoms with Crippen molar-refractivity contribution in [2.75, 3.05) is 20.3 Å². The van der Waals surface area contributed by atoms with Gasteiger partial charge in [0.2, 0.25) is 0 Å². The molecule has 4 rings (SSSR count). The minimum Gasteiger partial charge on any atom is -0.488 e. The van der Waals surface area contributed by atoms with Crippen LogP contribution < -0.4 is 4.74 Å². The normalized spacial score (nSPS) is 12.2. The summed E-state index contributed by atoms with van der Waals surface area (Å²) in [5.41, 5.74) is 2.11. The van der Waals surface area contributed by atoms with Gasteiger partial charge in [0, 0.05) is 29.7 Å². The molecule has 1 aromatic carbocycles. The van der Waals surface area contributed by atoms with Gasteiger partial charge in [0.25, 0.3) is 5.91 Å². The Morgan fingerprint density at radius 3 is 2.96 bits per heavy atom. The summed E-state index contributed by atoms with van der Waals surface area (Å²) in [5.74, 6) is 1.60. The van der Waals surface area contributed by atoms with Crippen molar-refractivity contribution in [3.05, 3.63) is 64.9 Å². The van der Waals surface area contributed by atoms with Gasteiger partial charge in [-0.25, -0.2) is 0 Å².